The summed E-state index contributed by atoms with van der Waals surface area (Å²) in [6.45, 7) is 4.77. The van der Waals surface area contributed by atoms with E-state index in [0.29, 0.717) is 10.2 Å². The summed E-state index contributed by atoms with van der Waals surface area (Å²) in [6, 6.07) is 5.63. The van der Waals surface area contributed by atoms with Crippen LogP contribution < -0.4 is 0 Å². The number of thioether (sulfide) groups is 1. The SMILES string of the molecule is CCCn1c(SCC(=O)O)nnc1-c1cc(Cl)ccc1C. The zero-order chi connectivity index (χ0) is 15.4. The van der Waals surface area contributed by atoms with Crippen LogP contribution in [0.3, 0.4) is 0 Å². The van der Waals surface area contributed by atoms with Crippen LogP contribution in [-0.2, 0) is 11.3 Å². The molecule has 7 heteroatoms. The van der Waals surface area contributed by atoms with E-state index in [9.17, 15) is 4.79 Å². The molecule has 1 aromatic heterocycles. The minimum Gasteiger partial charge on any atom is -0.481 e. The third-order valence-corrected chi connectivity index (χ3v) is 4.12. The second-order valence-corrected chi connectivity index (χ2v) is 5.98. The molecule has 2 aromatic rings. The first-order valence-corrected chi connectivity index (χ1v) is 7.93. The number of carboxylic acid groups (broad SMARTS) is 1. The van der Waals surface area contributed by atoms with Gasteiger partial charge in [-0.3, -0.25) is 4.79 Å². The molecule has 0 bridgehead atoms. The van der Waals surface area contributed by atoms with Crippen molar-refractivity contribution >= 4 is 29.3 Å². The van der Waals surface area contributed by atoms with E-state index < -0.39 is 5.97 Å². The van der Waals surface area contributed by atoms with Crippen molar-refractivity contribution in [2.24, 2.45) is 0 Å². The molecule has 0 aliphatic rings. The monoisotopic (exact) mass is 325 g/mol. The van der Waals surface area contributed by atoms with Gasteiger partial charge in [0.1, 0.15) is 0 Å². The molecular weight excluding hydrogens is 310 g/mol. The molecule has 0 aliphatic carbocycles. The maximum absolute atomic E-state index is 10.7. The molecule has 2 rings (SSSR count). The van der Waals surface area contributed by atoms with Gasteiger partial charge in [0, 0.05) is 17.1 Å². The smallest absolute Gasteiger partial charge is 0.313 e. The molecule has 0 saturated carbocycles. The van der Waals surface area contributed by atoms with Gasteiger partial charge in [-0.25, -0.2) is 0 Å². The Labute approximate surface area is 132 Å². The molecule has 1 aromatic carbocycles. The van der Waals surface area contributed by atoms with Gasteiger partial charge in [-0.15, -0.1) is 10.2 Å². The van der Waals surface area contributed by atoms with Crippen LogP contribution in [0, 0.1) is 6.92 Å². The highest BCUT2D eigenvalue weighted by molar-refractivity contribution is 7.99. The van der Waals surface area contributed by atoms with Crippen LogP contribution in [0.15, 0.2) is 23.4 Å². The zero-order valence-electron chi connectivity index (χ0n) is 11.8. The van der Waals surface area contributed by atoms with Gasteiger partial charge in [0.15, 0.2) is 11.0 Å². The lowest BCUT2D eigenvalue weighted by atomic mass is 10.1. The number of rotatable bonds is 6. The lowest BCUT2D eigenvalue weighted by Crippen LogP contribution is -2.05. The van der Waals surface area contributed by atoms with E-state index in [1.165, 1.54) is 11.8 Å². The fourth-order valence-electron chi connectivity index (χ4n) is 1.98. The Bertz CT molecular complexity index is 658. The lowest BCUT2D eigenvalue weighted by Gasteiger charge is -2.10. The molecule has 0 atom stereocenters. The maximum Gasteiger partial charge on any atom is 0.313 e. The Morgan fingerprint density at radius 3 is 2.86 bits per heavy atom. The Kier molecular flexibility index (Phi) is 5.25. The predicted octanol–water partition coefficient (Wildman–Crippen LogP) is 3.49. The van der Waals surface area contributed by atoms with Gasteiger partial charge in [0.25, 0.3) is 0 Å². The average molecular weight is 326 g/mol. The summed E-state index contributed by atoms with van der Waals surface area (Å²) in [6.07, 6.45) is 0.908. The Balaban J connectivity index is 2.43. The highest BCUT2D eigenvalue weighted by Gasteiger charge is 2.16. The highest BCUT2D eigenvalue weighted by Crippen LogP contribution is 2.28. The number of carbonyl (C=O) groups is 1. The standard InChI is InChI=1S/C14H16ClN3O2S/c1-3-6-18-13(11-7-10(15)5-4-9(11)2)16-17-14(18)21-8-12(19)20/h4-5,7H,3,6,8H2,1-2H3,(H,19,20). The Morgan fingerprint density at radius 1 is 1.43 bits per heavy atom. The molecule has 5 nitrogen and oxygen atoms in total. The third kappa shape index (κ3) is 3.77. The maximum atomic E-state index is 10.7. The number of hydrogen-bond donors (Lipinski definition) is 1. The van der Waals surface area contributed by atoms with Gasteiger partial charge in [-0.1, -0.05) is 36.4 Å². The molecule has 1 heterocycles. The van der Waals surface area contributed by atoms with Gasteiger partial charge in [0.2, 0.25) is 0 Å². The average Bonchev–Trinajstić information content (AvgIpc) is 2.82. The minimum atomic E-state index is -0.869. The van der Waals surface area contributed by atoms with E-state index in [-0.39, 0.29) is 5.75 Å². The number of hydrogen-bond acceptors (Lipinski definition) is 4. The molecule has 0 fully saturated rings. The van der Waals surface area contributed by atoms with E-state index in [0.717, 1.165) is 29.9 Å². The van der Waals surface area contributed by atoms with E-state index in [1.54, 1.807) is 0 Å². The number of carboxylic acids is 1. The van der Waals surface area contributed by atoms with Gasteiger partial charge >= 0.3 is 5.97 Å². The number of nitrogens with zero attached hydrogens (tertiary/aromatic N) is 3. The van der Waals surface area contributed by atoms with Crippen molar-refractivity contribution in [1.82, 2.24) is 14.8 Å². The van der Waals surface area contributed by atoms with Gasteiger partial charge in [-0.2, -0.15) is 0 Å². The number of benzene rings is 1. The lowest BCUT2D eigenvalue weighted by molar-refractivity contribution is -0.133. The first kappa shape index (κ1) is 15.9. The second kappa shape index (κ2) is 6.95. The molecule has 0 aliphatic heterocycles. The van der Waals surface area contributed by atoms with Crippen molar-refractivity contribution in [2.75, 3.05) is 5.75 Å². The van der Waals surface area contributed by atoms with E-state index in [2.05, 4.69) is 17.1 Å². The number of aryl methyl sites for hydroxylation is 1. The fraction of sp³-hybridized carbons (Fsp3) is 0.357. The summed E-state index contributed by atoms with van der Waals surface area (Å²) >= 11 is 7.24. The van der Waals surface area contributed by atoms with Crippen LogP contribution in [0.25, 0.3) is 11.4 Å². The second-order valence-electron chi connectivity index (χ2n) is 4.60. The molecule has 0 spiro atoms. The van der Waals surface area contributed by atoms with Gasteiger partial charge in [-0.05, 0) is 31.0 Å². The topological polar surface area (TPSA) is 68.0 Å². The summed E-state index contributed by atoms with van der Waals surface area (Å²) in [4.78, 5) is 10.7. The van der Waals surface area contributed by atoms with Crippen molar-refractivity contribution in [3.05, 3.63) is 28.8 Å². The Morgan fingerprint density at radius 2 is 2.19 bits per heavy atom. The van der Waals surface area contributed by atoms with Gasteiger partial charge in [0.05, 0.1) is 5.75 Å². The Hall–Kier alpha value is -1.53. The molecule has 1 N–H and O–H groups in total. The highest BCUT2D eigenvalue weighted by atomic mass is 35.5. The van der Waals surface area contributed by atoms with Crippen molar-refractivity contribution < 1.29 is 9.90 Å². The largest absolute Gasteiger partial charge is 0.481 e. The predicted molar refractivity (Wildman–Crippen MR) is 83.9 cm³/mol. The summed E-state index contributed by atoms with van der Waals surface area (Å²) in [5, 5.41) is 18.4. The molecule has 0 saturated heterocycles. The molecule has 0 unspecified atom stereocenters. The summed E-state index contributed by atoms with van der Waals surface area (Å²) in [5.41, 5.74) is 1.98. The van der Waals surface area contributed by atoms with E-state index in [4.69, 9.17) is 16.7 Å². The van der Waals surface area contributed by atoms with Crippen molar-refractivity contribution in [1.29, 1.82) is 0 Å². The van der Waals surface area contributed by atoms with Crippen molar-refractivity contribution in [3.8, 4) is 11.4 Å². The summed E-state index contributed by atoms with van der Waals surface area (Å²) < 4.78 is 1.95. The summed E-state index contributed by atoms with van der Waals surface area (Å²) in [5.74, 6) is -0.174. The summed E-state index contributed by atoms with van der Waals surface area (Å²) in [7, 11) is 0. The van der Waals surface area contributed by atoms with Crippen LogP contribution in [0.2, 0.25) is 5.02 Å². The molecule has 112 valence electrons. The molecular formula is C14H16ClN3O2S. The first-order valence-electron chi connectivity index (χ1n) is 6.57. The minimum absolute atomic E-state index is 0.0314. The zero-order valence-corrected chi connectivity index (χ0v) is 13.4. The van der Waals surface area contributed by atoms with E-state index >= 15 is 0 Å². The van der Waals surface area contributed by atoms with Crippen LogP contribution >= 0.6 is 23.4 Å². The number of halogens is 1. The van der Waals surface area contributed by atoms with Crippen molar-refractivity contribution in [2.45, 2.75) is 32.0 Å². The molecule has 0 amide bonds. The quantitative estimate of drug-likeness (QED) is 0.823. The number of aromatic nitrogens is 3. The van der Waals surface area contributed by atoms with Crippen LogP contribution in [0.1, 0.15) is 18.9 Å². The molecule has 21 heavy (non-hydrogen) atoms. The van der Waals surface area contributed by atoms with Gasteiger partial charge < -0.3 is 9.67 Å². The van der Waals surface area contributed by atoms with Crippen LogP contribution in [-0.4, -0.2) is 31.6 Å². The van der Waals surface area contributed by atoms with Crippen LogP contribution in [0.5, 0.6) is 0 Å². The normalized spacial score (nSPS) is 10.8. The van der Waals surface area contributed by atoms with Crippen molar-refractivity contribution in [3.63, 3.8) is 0 Å². The molecule has 0 radical (unpaired) electrons. The first-order chi connectivity index (χ1) is 10.0. The number of aliphatic carboxylic acids is 1. The third-order valence-electron chi connectivity index (χ3n) is 2.93. The van der Waals surface area contributed by atoms with E-state index in [1.807, 2.05) is 29.7 Å². The van der Waals surface area contributed by atoms with Crippen LogP contribution in [0.4, 0.5) is 0 Å². The fourth-order valence-corrected chi connectivity index (χ4v) is 2.84.